The average Bonchev–Trinajstić information content (AvgIpc) is 3.93. The van der Waals surface area contributed by atoms with Gasteiger partial charge in [0, 0.05) is 28.9 Å². The smallest absolute Gasteiger partial charge is 0.127 e. The van der Waals surface area contributed by atoms with Crippen LogP contribution < -0.4 is 9.47 Å². The minimum Gasteiger partial charge on any atom is -0.487 e. The van der Waals surface area contributed by atoms with Gasteiger partial charge in [0.2, 0.25) is 0 Å². The van der Waals surface area contributed by atoms with Crippen molar-refractivity contribution in [1.29, 1.82) is 0 Å². The molecule has 0 amide bonds. The third-order valence-electron chi connectivity index (χ3n) is 18.3. The number of allylic oxidation sites excluding steroid dienone is 14. The maximum Gasteiger partial charge on any atom is 0.127 e. The van der Waals surface area contributed by atoms with Crippen molar-refractivity contribution in [1.82, 2.24) is 0 Å². The van der Waals surface area contributed by atoms with E-state index in [1.807, 2.05) is 0 Å². The molecule has 1 aromatic carbocycles. The van der Waals surface area contributed by atoms with Gasteiger partial charge < -0.3 is 24.4 Å². The fourth-order valence-corrected chi connectivity index (χ4v) is 13.7. The number of hydrogen-bond acceptors (Lipinski definition) is 5. The van der Waals surface area contributed by atoms with Crippen LogP contribution >= 0.6 is 0 Å². The van der Waals surface area contributed by atoms with Crippen LogP contribution in [-0.2, 0) is 17.6 Å². The fraction of sp³-hybridized carbons (Fsp3) is 0.652. The van der Waals surface area contributed by atoms with Crippen molar-refractivity contribution < 1.29 is 24.4 Å². The molecule has 410 valence electrons. The molecule has 2 aliphatic carbocycles. The average molecular weight is 1010 g/mol. The Kier molecular flexibility index (Phi) is 20.0. The van der Waals surface area contributed by atoms with E-state index < -0.39 is 0 Å². The van der Waals surface area contributed by atoms with Crippen molar-refractivity contribution in [3.05, 3.63) is 129 Å². The lowest BCUT2D eigenvalue weighted by Crippen LogP contribution is -2.46. The van der Waals surface area contributed by atoms with E-state index in [9.17, 15) is 10.2 Å². The number of benzene rings is 1. The second-order valence-electron chi connectivity index (χ2n) is 26.9. The maximum absolute atomic E-state index is 10.7. The monoisotopic (exact) mass is 1010 g/mol. The Labute approximate surface area is 452 Å². The van der Waals surface area contributed by atoms with Gasteiger partial charge in [0.05, 0.1) is 12.2 Å². The summed E-state index contributed by atoms with van der Waals surface area (Å²) in [6.45, 7) is 38.4. The lowest BCUT2D eigenvalue weighted by Gasteiger charge is -2.41. The second kappa shape index (κ2) is 24.8. The Morgan fingerprint density at radius 2 is 1.28 bits per heavy atom. The van der Waals surface area contributed by atoms with Crippen molar-refractivity contribution in [3.63, 3.8) is 0 Å². The first-order valence-corrected chi connectivity index (χ1v) is 29.4. The molecule has 0 unspecified atom stereocenters. The molecule has 5 heteroatoms. The Morgan fingerprint density at radius 3 is 1.95 bits per heavy atom. The number of aliphatic hydroxyl groups excluding tert-OH is 2. The summed E-state index contributed by atoms with van der Waals surface area (Å²) >= 11 is 0. The zero-order chi connectivity index (χ0) is 54.4. The van der Waals surface area contributed by atoms with E-state index in [4.69, 9.17) is 14.2 Å². The zero-order valence-electron chi connectivity index (χ0n) is 49.9. The highest BCUT2D eigenvalue weighted by Crippen LogP contribution is 2.66. The minimum absolute atomic E-state index is 0.0268. The van der Waals surface area contributed by atoms with Gasteiger partial charge in [0.15, 0.2) is 0 Å². The highest BCUT2D eigenvalue weighted by atomic mass is 16.6. The minimum atomic E-state index is -0.382. The van der Waals surface area contributed by atoms with Crippen LogP contribution in [0.5, 0.6) is 11.5 Å². The van der Waals surface area contributed by atoms with Crippen molar-refractivity contribution in [3.8, 4) is 11.5 Å². The Morgan fingerprint density at radius 1 is 0.662 bits per heavy atom. The Hall–Kier alpha value is -3.64. The van der Waals surface area contributed by atoms with Gasteiger partial charge in [0.25, 0.3) is 0 Å². The van der Waals surface area contributed by atoms with Crippen molar-refractivity contribution >= 4 is 0 Å². The quantitative estimate of drug-likeness (QED) is 0.0894. The molecule has 74 heavy (non-hydrogen) atoms. The first-order valence-electron chi connectivity index (χ1n) is 29.4. The molecule has 1 saturated carbocycles. The third-order valence-corrected chi connectivity index (χ3v) is 18.3. The molecule has 2 fully saturated rings. The maximum atomic E-state index is 10.7. The molecular weight excluding hydrogens is 909 g/mol. The van der Waals surface area contributed by atoms with Crippen LogP contribution in [0, 0.1) is 48.3 Å². The summed E-state index contributed by atoms with van der Waals surface area (Å²) < 4.78 is 21.1. The van der Waals surface area contributed by atoms with Crippen molar-refractivity contribution in [2.24, 2.45) is 34.5 Å². The van der Waals surface area contributed by atoms with E-state index in [2.05, 4.69) is 191 Å². The number of hydrogen-bond donors (Lipinski definition) is 2. The summed E-state index contributed by atoms with van der Waals surface area (Å²) in [5.41, 5.74) is 11.4. The second-order valence-corrected chi connectivity index (χ2v) is 26.9. The SMILES string of the molecule is CC1=C(/C=C/C(C)=C/C=C/C(C)=C/C=C\C=C(/C)[C@H]2Oc3c(C)c(C)c4c(c3C[C@H]2/C=C(C)/C=C/[C@@]23O[C@]2(C)C[C@@H](O)CC3(C)C)CC[C@](C)(CCC[C@H](C)CCC[C@@H](C)CCCC(C)C)O4)C(C)(C)C[C@@H](O)C1. The van der Waals surface area contributed by atoms with E-state index in [0.29, 0.717) is 6.42 Å². The topological polar surface area (TPSA) is 71.5 Å². The van der Waals surface area contributed by atoms with E-state index in [-0.39, 0.29) is 51.9 Å². The molecule has 3 heterocycles. The lowest BCUT2D eigenvalue weighted by atomic mass is 9.63. The van der Waals surface area contributed by atoms with Crippen LogP contribution in [0.3, 0.4) is 0 Å². The summed E-state index contributed by atoms with van der Waals surface area (Å²) in [5.74, 6) is 4.69. The Balaban J connectivity index is 1.17. The van der Waals surface area contributed by atoms with Crippen LogP contribution in [0.15, 0.2) is 106 Å². The van der Waals surface area contributed by atoms with Crippen molar-refractivity contribution in [2.75, 3.05) is 0 Å². The number of ether oxygens (including phenoxy) is 3. The summed E-state index contributed by atoms with van der Waals surface area (Å²) in [6, 6.07) is 0. The summed E-state index contributed by atoms with van der Waals surface area (Å²) in [5, 5.41) is 21.0. The van der Waals surface area contributed by atoms with Crippen LogP contribution in [0.2, 0.25) is 0 Å². The fourth-order valence-electron chi connectivity index (χ4n) is 13.7. The summed E-state index contributed by atoms with van der Waals surface area (Å²) in [7, 11) is 0. The molecule has 0 spiro atoms. The number of rotatable bonds is 22. The Bertz CT molecular complexity index is 2410. The van der Waals surface area contributed by atoms with E-state index >= 15 is 0 Å². The van der Waals surface area contributed by atoms with Gasteiger partial charge in [-0.15, -0.1) is 0 Å². The molecule has 0 aromatic heterocycles. The predicted molar refractivity (Wildman–Crippen MR) is 314 cm³/mol. The normalized spacial score (nSPS) is 30.3. The molecule has 1 saturated heterocycles. The molecule has 9 atom stereocenters. The van der Waals surface area contributed by atoms with Crippen LogP contribution in [0.1, 0.15) is 216 Å². The van der Waals surface area contributed by atoms with Crippen LogP contribution in [0.4, 0.5) is 0 Å². The van der Waals surface area contributed by atoms with Crippen molar-refractivity contribution in [2.45, 2.75) is 256 Å². The molecule has 0 bridgehead atoms. The first-order chi connectivity index (χ1) is 34.7. The van der Waals surface area contributed by atoms with Crippen LogP contribution in [-0.4, -0.2) is 45.3 Å². The largest absolute Gasteiger partial charge is 0.487 e. The number of epoxide rings is 1. The van der Waals surface area contributed by atoms with Gasteiger partial charge in [0.1, 0.15) is 34.4 Å². The number of fused-ring (bicyclic) bond motifs is 4. The van der Waals surface area contributed by atoms with Gasteiger partial charge in [-0.3, -0.25) is 0 Å². The molecule has 6 rings (SSSR count). The molecule has 2 N–H and O–H groups in total. The van der Waals surface area contributed by atoms with Gasteiger partial charge in [-0.25, -0.2) is 0 Å². The van der Waals surface area contributed by atoms with E-state index in [1.165, 1.54) is 107 Å². The summed E-state index contributed by atoms with van der Waals surface area (Å²) in [4.78, 5) is 0. The predicted octanol–water partition coefficient (Wildman–Crippen LogP) is 18.0. The van der Waals surface area contributed by atoms with Gasteiger partial charge in [-0.2, -0.15) is 0 Å². The number of aliphatic hydroxyl groups is 2. The highest BCUT2D eigenvalue weighted by Gasteiger charge is 2.74. The lowest BCUT2D eigenvalue weighted by molar-refractivity contribution is 0.0502. The summed E-state index contributed by atoms with van der Waals surface area (Å²) in [6.07, 6.45) is 43.5. The van der Waals surface area contributed by atoms with E-state index in [0.717, 1.165) is 74.2 Å². The molecule has 5 aliphatic rings. The highest BCUT2D eigenvalue weighted by molar-refractivity contribution is 5.61. The molecule has 1 aromatic rings. The standard InChI is InChI=1S/C69H104O5/c1-46(2)24-20-26-48(4)28-21-29-49(5)31-23-37-67(16)38-36-59-60-42-56(40-51(7)35-39-69-66(14,15)44-58(71)45-68(69,17)74-69)62(72-63(60)54(10)55(11)64(59)73-67)52(8)32-19-18-25-47(3)27-22-30-50(6)33-34-61-53(9)41-57(70)43-65(61,12)13/h18-19,22,25,27,30,32-35,39-40,46,48-49,56-58,62,70-71H,20-21,23-24,26,28-29,31,36-38,41-45H2,1-17H3/b19-18-,27-22+,34-33+,39-35+,47-25+,50-30+,51-40+,52-32+/t48-,49+,56+,57-,58-,62+,67-,68+,69-/m0/s1. The van der Waals surface area contributed by atoms with Crippen LogP contribution in [0.25, 0.3) is 0 Å². The molecular formula is C69H104O5. The molecule has 3 aliphatic heterocycles. The van der Waals surface area contributed by atoms with Gasteiger partial charge >= 0.3 is 0 Å². The third kappa shape index (κ3) is 14.7. The zero-order valence-corrected chi connectivity index (χ0v) is 49.9. The van der Waals surface area contributed by atoms with E-state index in [1.54, 1.807) is 0 Å². The first kappa shape index (κ1) is 59.6. The molecule has 0 radical (unpaired) electrons. The molecule has 5 nitrogen and oxygen atoms in total. The van der Waals surface area contributed by atoms with Gasteiger partial charge in [-0.1, -0.05) is 189 Å². The van der Waals surface area contributed by atoms with Gasteiger partial charge in [-0.05, 0) is 165 Å².